The molecule has 0 amide bonds. The van der Waals surface area contributed by atoms with Gasteiger partial charge in [0.2, 0.25) is 0 Å². The molecule has 2 rings (SSSR count). The molecule has 0 aromatic rings. The molecule has 2 nitrogen and oxygen atoms in total. The van der Waals surface area contributed by atoms with Crippen molar-refractivity contribution in [1.82, 2.24) is 10.2 Å². The molecule has 2 aliphatic rings. The van der Waals surface area contributed by atoms with Gasteiger partial charge in [-0.15, -0.1) is 0 Å². The lowest BCUT2D eigenvalue weighted by Gasteiger charge is -2.41. The molecule has 2 heteroatoms. The standard InChI is InChI=1S/C15H30N2/c1-4-12(2)13(3)17-10-6-7-14(11-17)15-8-5-9-16-15/h12-16H,4-11H2,1-3H3. The number of likely N-dealkylation sites (tertiary alicyclic amines) is 1. The summed E-state index contributed by atoms with van der Waals surface area (Å²) in [6.45, 7) is 11.1. The summed E-state index contributed by atoms with van der Waals surface area (Å²) in [5, 5.41) is 3.70. The van der Waals surface area contributed by atoms with Gasteiger partial charge >= 0.3 is 0 Å². The van der Waals surface area contributed by atoms with E-state index in [1.807, 2.05) is 0 Å². The van der Waals surface area contributed by atoms with Gasteiger partial charge in [-0.25, -0.2) is 0 Å². The summed E-state index contributed by atoms with van der Waals surface area (Å²) in [7, 11) is 0. The molecule has 100 valence electrons. The minimum Gasteiger partial charge on any atom is -0.314 e. The predicted octanol–water partition coefficient (Wildman–Crippen LogP) is 2.89. The van der Waals surface area contributed by atoms with Gasteiger partial charge in [0.15, 0.2) is 0 Å². The van der Waals surface area contributed by atoms with Crippen LogP contribution in [-0.2, 0) is 0 Å². The van der Waals surface area contributed by atoms with Crippen LogP contribution in [0.3, 0.4) is 0 Å². The van der Waals surface area contributed by atoms with Crippen LogP contribution in [0.5, 0.6) is 0 Å². The van der Waals surface area contributed by atoms with Crippen LogP contribution in [0.25, 0.3) is 0 Å². The fourth-order valence-corrected chi connectivity index (χ4v) is 3.55. The topological polar surface area (TPSA) is 15.3 Å². The molecule has 2 heterocycles. The number of hydrogen-bond acceptors (Lipinski definition) is 2. The van der Waals surface area contributed by atoms with Crippen molar-refractivity contribution >= 4 is 0 Å². The van der Waals surface area contributed by atoms with Crippen molar-refractivity contribution in [3.05, 3.63) is 0 Å². The maximum absolute atomic E-state index is 3.70. The average Bonchev–Trinajstić information content (AvgIpc) is 2.91. The Kier molecular flexibility index (Phi) is 4.87. The number of piperidine rings is 1. The summed E-state index contributed by atoms with van der Waals surface area (Å²) in [6.07, 6.45) is 6.97. The lowest BCUT2D eigenvalue weighted by molar-refractivity contribution is 0.0875. The zero-order valence-corrected chi connectivity index (χ0v) is 11.9. The van der Waals surface area contributed by atoms with E-state index in [0.29, 0.717) is 0 Å². The summed E-state index contributed by atoms with van der Waals surface area (Å²) in [5.74, 6) is 1.75. The van der Waals surface area contributed by atoms with Crippen LogP contribution in [0.15, 0.2) is 0 Å². The molecular formula is C15H30N2. The van der Waals surface area contributed by atoms with Crippen LogP contribution in [-0.4, -0.2) is 36.6 Å². The molecule has 0 aliphatic carbocycles. The van der Waals surface area contributed by atoms with Crippen LogP contribution >= 0.6 is 0 Å². The van der Waals surface area contributed by atoms with E-state index < -0.39 is 0 Å². The van der Waals surface area contributed by atoms with Crippen LogP contribution < -0.4 is 5.32 Å². The Morgan fingerprint density at radius 3 is 2.71 bits per heavy atom. The first kappa shape index (κ1) is 13.4. The normalized spacial score (nSPS) is 34.8. The molecule has 0 aromatic carbocycles. The van der Waals surface area contributed by atoms with Crippen molar-refractivity contribution in [2.45, 2.75) is 65.0 Å². The molecule has 17 heavy (non-hydrogen) atoms. The van der Waals surface area contributed by atoms with Crippen molar-refractivity contribution in [1.29, 1.82) is 0 Å². The molecule has 4 atom stereocenters. The first-order valence-electron chi connectivity index (χ1n) is 7.69. The fraction of sp³-hybridized carbons (Fsp3) is 1.00. The van der Waals surface area contributed by atoms with Crippen molar-refractivity contribution in [2.75, 3.05) is 19.6 Å². The molecule has 0 aromatic heterocycles. The van der Waals surface area contributed by atoms with Crippen molar-refractivity contribution < 1.29 is 0 Å². The zero-order chi connectivity index (χ0) is 12.3. The van der Waals surface area contributed by atoms with E-state index in [9.17, 15) is 0 Å². The average molecular weight is 238 g/mol. The first-order valence-corrected chi connectivity index (χ1v) is 7.69. The fourth-order valence-electron chi connectivity index (χ4n) is 3.55. The highest BCUT2D eigenvalue weighted by atomic mass is 15.2. The molecule has 4 unspecified atom stereocenters. The Morgan fingerprint density at radius 1 is 1.24 bits per heavy atom. The second kappa shape index (κ2) is 6.19. The molecule has 2 fully saturated rings. The minimum absolute atomic E-state index is 0.768. The third-order valence-electron chi connectivity index (χ3n) is 5.20. The predicted molar refractivity (Wildman–Crippen MR) is 74.2 cm³/mol. The zero-order valence-electron chi connectivity index (χ0n) is 11.9. The molecule has 0 bridgehead atoms. The second-order valence-corrected chi connectivity index (χ2v) is 6.23. The molecule has 0 spiro atoms. The van der Waals surface area contributed by atoms with Gasteiger partial charge in [0.1, 0.15) is 0 Å². The Bertz CT molecular complexity index is 223. The Morgan fingerprint density at radius 2 is 2.06 bits per heavy atom. The van der Waals surface area contributed by atoms with Gasteiger partial charge in [0.25, 0.3) is 0 Å². The van der Waals surface area contributed by atoms with Crippen molar-refractivity contribution in [3.63, 3.8) is 0 Å². The van der Waals surface area contributed by atoms with Gasteiger partial charge in [0.05, 0.1) is 0 Å². The Hall–Kier alpha value is -0.0800. The van der Waals surface area contributed by atoms with E-state index in [1.165, 1.54) is 51.7 Å². The monoisotopic (exact) mass is 238 g/mol. The lowest BCUT2D eigenvalue weighted by Crippen LogP contribution is -2.48. The van der Waals surface area contributed by atoms with E-state index in [4.69, 9.17) is 0 Å². The summed E-state index contributed by atoms with van der Waals surface area (Å²) < 4.78 is 0. The van der Waals surface area contributed by atoms with Crippen molar-refractivity contribution in [2.24, 2.45) is 11.8 Å². The number of nitrogens with one attached hydrogen (secondary N) is 1. The summed E-state index contributed by atoms with van der Waals surface area (Å²) in [6, 6.07) is 1.59. The highest BCUT2D eigenvalue weighted by Crippen LogP contribution is 2.27. The molecule has 2 saturated heterocycles. The van der Waals surface area contributed by atoms with Gasteiger partial charge in [-0.1, -0.05) is 20.3 Å². The Balaban J connectivity index is 1.87. The van der Waals surface area contributed by atoms with Gasteiger partial charge in [0, 0.05) is 18.6 Å². The lowest BCUT2D eigenvalue weighted by atomic mass is 9.87. The molecule has 2 aliphatic heterocycles. The summed E-state index contributed by atoms with van der Waals surface area (Å²) >= 11 is 0. The third-order valence-corrected chi connectivity index (χ3v) is 5.20. The van der Waals surface area contributed by atoms with E-state index in [-0.39, 0.29) is 0 Å². The van der Waals surface area contributed by atoms with Crippen LogP contribution in [0.1, 0.15) is 52.9 Å². The summed E-state index contributed by atoms with van der Waals surface area (Å²) in [5.41, 5.74) is 0. The number of rotatable bonds is 4. The molecule has 0 saturated carbocycles. The summed E-state index contributed by atoms with van der Waals surface area (Å²) in [4.78, 5) is 2.75. The SMILES string of the molecule is CCC(C)C(C)N1CCCC(C2CCCN2)C1. The molecule has 0 radical (unpaired) electrons. The first-order chi connectivity index (χ1) is 8.22. The molecule has 1 N–H and O–H groups in total. The third kappa shape index (κ3) is 3.23. The van der Waals surface area contributed by atoms with E-state index in [2.05, 4.69) is 31.0 Å². The minimum atomic E-state index is 0.768. The van der Waals surface area contributed by atoms with Gasteiger partial charge in [-0.2, -0.15) is 0 Å². The van der Waals surface area contributed by atoms with Gasteiger partial charge in [-0.3, -0.25) is 0 Å². The maximum Gasteiger partial charge on any atom is 0.0108 e. The van der Waals surface area contributed by atoms with Crippen molar-refractivity contribution in [3.8, 4) is 0 Å². The van der Waals surface area contributed by atoms with Crippen LogP contribution in [0, 0.1) is 11.8 Å². The second-order valence-electron chi connectivity index (χ2n) is 6.23. The largest absolute Gasteiger partial charge is 0.314 e. The van der Waals surface area contributed by atoms with E-state index >= 15 is 0 Å². The highest BCUT2D eigenvalue weighted by Gasteiger charge is 2.31. The highest BCUT2D eigenvalue weighted by molar-refractivity contribution is 4.88. The Labute approximate surface area is 107 Å². The van der Waals surface area contributed by atoms with E-state index in [0.717, 1.165) is 23.9 Å². The molecular weight excluding hydrogens is 208 g/mol. The smallest absolute Gasteiger partial charge is 0.0108 e. The van der Waals surface area contributed by atoms with Crippen LogP contribution in [0.2, 0.25) is 0 Å². The maximum atomic E-state index is 3.70. The van der Waals surface area contributed by atoms with E-state index in [1.54, 1.807) is 0 Å². The van der Waals surface area contributed by atoms with Gasteiger partial charge < -0.3 is 10.2 Å². The number of nitrogens with zero attached hydrogens (tertiary/aromatic N) is 1. The van der Waals surface area contributed by atoms with Gasteiger partial charge in [-0.05, 0) is 57.5 Å². The van der Waals surface area contributed by atoms with Crippen LogP contribution in [0.4, 0.5) is 0 Å². The quantitative estimate of drug-likeness (QED) is 0.810. The number of hydrogen-bond donors (Lipinski definition) is 1.